The molecule has 7 nitrogen and oxygen atoms in total. The van der Waals surface area contributed by atoms with Crippen LogP contribution in [0, 0.1) is 28.3 Å². The van der Waals surface area contributed by atoms with Crippen molar-refractivity contribution < 1.29 is 22.0 Å². The van der Waals surface area contributed by atoms with Crippen molar-refractivity contribution in [3.8, 4) is 11.3 Å². The Bertz CT molecular complexity index is 1580. The molecule has 4 aromatic rings. The van der Waals surface area contributed by atoms with E-state index in [9.17, 15) is 13.2 Å². The van der Waals surface area contributed by atoms with Crippen LogP contribution in [0.25, 0.3) is 22.2 Å². The van der Waals surface area contributed by atoms with Gasteiger partial charge in [-0.2, -0.15) is 23.7 Å². The van der Waals surface area contributed by atoms with Crippen LogP contribution < -0.4 is 5.49 Å². The number of fused-ring (bicyclic) bond motifs is 1. The van der Waals surface area contributed by atoms with Crippen molar-refractivity contribution in [2.75, 3.05) is 7.05 Å². The summed E-state index contributed by atoms with van der Waals surface area (Å²) < 4.78 is 76.6. The Morgan fingerprint density at radius 1 is 1.06 bits per heavy atom. The Hall–Kier alpha value is -4.22. The molecule has 2 aromatic heterocycles. The van der Waals surface area contributed by atoms with Crippen LogP contribution in [-0.2, 0) is 13.0 Å². The van der Waals surface area contributed by atoms with E-state index in [1.807, 2.05) is 0 Å². The molecule has 2 heterocycles. The van der Waals surface area contributed by atoms with Crippen molar-refractivity contribution in [1.29, 1.82) is 10.8 Å². The van der Waals surface area contributed by atoms with E-state index >= 15 is 8.78 Å². The van der Waals surface area contributed by atoms with Crippen LogP contribution in [0.15, 0.2) is 47.6 Å². The van der Waals surface area contributed by atoms with Crippen molar-refractivity contribution in [3.05, 3.63) is 76.7 Å². The van der Waals surface area contributed by atoms with Crippen molar-refractivity contribution in [1.82, 2.24) is 19.6 Å². The Balaban J connectivity index is 1.79. The van der Waals surface area contributed by atoms with Crippen LogP contribution in [0.1, 0.15) is 24.5 Å². The van der Waals surface area contributed by atoms with Crippen molar-refractivity contribution in [2.45, 2.75) is 19.3 Å². The van der Waals surface area contributed by atoms with E-state index in [1.165, 1.54) is 37.1 Å². The van der Waals surface area contributed by atoms with E-state index in [2.05, 4.69) is 15.2 Å². The smallest absolute Gasteiger partial charge is 0.292 e. The van der Waals surface area contributed by atoms with Crippen LogP contribution in [0.2, 0.25) is 0 Å². The molecule has 12 heteroatoms. The summed E-state index contributed by atoms with van der Waals surface area (Å²) >= 11 is 0. The van der Waals surface area contributed by atoms with E-state index in [0.29, 0.717) is 0 Å². The first-order chi connectivity index (χ1) is 17.0. The monoisotopic (exact) mass is 501 g/mol. The molecule has 4 rings (SSSR count). The highest BCUT2D eigenvalue weighted by Crippen LogP contribution is 2.34. The standard InChI is InChI=1S/C24H20F5N7/c1-4-17(32-2)21-15(25)9-12(10-16(21)26)18-7-8-20(30)36(34-18)23(31)24(28,29)14-5-6-19-13(22(14)27)11-35(3)33-19/h5-11,30-31H,4H2,1-3H3. The van der Waals surface area contributed by atoms with E-state index in [0.717, 1.165) is 24.3 Å². The number of alkyl halides is 2. The lowest BCUT2D eigenvalue weighted by atomic mass is 10.0. The highest BCUT2D eigenvalue weighted by Gasteiger charge is 2.42. The molecule has 0 unspecified atom stereocenters. The maximum absolute atomic E-state index is 15.3. The second kappa shape index (κ2) is 9.10. The molecule has 2 aromatic carbocycles. The van der Waals surface area contributed by atoms with Gasteiger partial charge in [-0.25, -0.2) is 13.2 Å². The number of benzene rings is 2. The lowest BCUT2D eigenvalue weighted by Crippen LogP contribution is -2.40. The Morgan fingerprint density at radius 2 is 1.72 bits per heavy atom. The first kappa shape index (κ1) is 24.9. The maximum atomic E-state index is 15.3. The number of halogens is 5. The predicted octanol–water partition coefficient (Wildman–Crippen LogP) is 4.78. The molecule has 0 bridgehead atoms. The fourth-order valence-corrected chi connectivity index (χ4v) is 3.87. The summed E-state index contributed by atoms with van der Waals surface area (Å²) in [5.74, 6) is -8.83. The number of nitrogens with zero attached hydrogens (tertiary/aromatic N) is 5. The molecule has 0 aliphatic rings. The van der Waals surface area contributed by atoms with Gasteiger partial charge in [0.15, 0.2) is 5.84 Å². The minimum absolute atomic E-state index is 0.104. The topological polar surface area (TPSA) is 95.7 Å². The summed E-state index contributed by atoms with van der Waals surface area (Å²) in [7, 11) is 2.91. The van der Waals surface area contributed by atoms with Gasteiger partial charge >= 0.3 is 5.92 Å². The lowest BCUT2D eigenvalue weighted by Gasteiger charge is -2.20. The molecular formula is C24H20F5N7. The largest absolute Gasteiger partial charge is 0.334 e. The Kier molecular flexibility index (Phi) is 6.29. The third-order valence-corrected chi connectivity index (χ3v) is 5.65. The van der Waals surface area contributed by atoms with Crippen LogP contribution >= 0.6 is 0 Å². The van der Waals surface area contributed by atoms with Crippen LogP contribution in [0.5, 0.6) is 0 Å². The number of rotatable bonds is 5. The normalized spacial score (nSPS) is 12.4. The number of aromatic nitrogens is 4. The molecular weight excluding hydrogens is 481 g/mol. The summed E-state index contributed by atoms with van der Waals surface area (Å²) in [6.07, 6.45) is 1.51. The minimum atomic E-state index is -4.20. The summed E-state index contributed by atoms with van der Waals surface area (Å²) in [5, 5.41) is 23.7. The van der Waals surface area contributed by atoms with Gasteiger partial charge in [0.05, 0.1) is 27.7 Å². The lowest BCUT2D eigenvalue weighted by molar-refractivity contribution is 0.0657. The fourth-order valence-electron chi connectivity index (χ4n) is 3.87. The summed E-state index contributed by atoms with van der Waals surface area (Å²) in [6.45, 7) is 1.69. The highest BCUT2D eigenvalue weighted by molar-refractivity contribution is 6.01. The second-order valence-electron chi connectivity index (χ2n) is 7.94. The van der Waals surface area contributed by atoms with Crippen LogP contribution in [-0.4, -0.2) is 38.2 Å². The molecule has 0 saturated heterocycles. The van der Waals surface area contributed by atoms with Crippen molar-refractivity contribution in [3.63, 3.8) is 0 Å². The van der Waals surface area contributed by atoms with Crippen molar-refractivity contribution in [2.24, 2.45) is 12.0 Å². The summed E-state index contributed by atoms with van der Waals surface area (Å²) in [4.78, 5) is 3.88. The molecule has 0 amide bonds. The van der Waals surface area contributed by atoms with Gasteiger partial charge < -0.3 is 0 Å². The molecule has 0 saturated carbocycles. The van der Waals surface area contributed by atoms with E-state index in [-0.39, 0.29) is 44.5 Å². The van der Waals surface area contributed by atoms with Gasteiger partial charge in [0.25, 0.3) is 0 Å². The third-order valence-electron chi connectivity index (χ3n) is 5.65. The quantitative estimate of drug-likeness (QED) is 0.234. The molecule has 0 radical (unpaired) electrons. The Morgan fingerprint density at radius 3 is 2.33 bits per heavy atom. The zero-order chi connectivity index (χ0) is 26.4. The average Bonchev–Trinajstić information content (AvgIpc) is 3.22. The molecule has 0 aliphatic heterocycles. The summed E-state index contributed by atoms with van der Waals surface area (Å²) in [5.41, 5.74) is -1.94. The SMILES string of the molecule is CCC(=NC)c1c(F)cc(-c2ccc(=N)n(C(=N)C(F)(F)c3ccc4nn(C)cc4c3F)n2)cc1F. The first-order valence-electron chi connectivity index (χ1n) is 10.7. The predicted molar refractivity (Wildman–Crippen MR) is 124 cm³/mol. The molecule has 0 aliphatic carbocycles. The second-order valence-corrected chi connectivity index (χ2v) is 7.94. The van der Waals surface area contributed by atoms with Crippen LogP contribution in [0.4, 0.5) is 22.0 Å². The van der Waals surface area contributed by atoms with Gasteiger partial charge in [-0.15, -0.1) is 0 Å². The number of hydrogen-bond donors (Lipinski definition) is 2. The zero-order valence-corrected chi connectivity index (χ0v) is 19.4. The van der Waals surface area contributed by atoms with Gasteiger partial charge in [-0.3, -0.25) is 20.5 Å². The van der Waals surface area contributed by atoms with E-state index < -0.39 is 40.3 Å². The number of aliphatic imine (C=N–C) groups is 1. The van der Waals surface area contributed by atoms with Crippen LogP contribution in [0.3, 0.4) is 0 Å². The average molecular weight is 501 g/mol. The molecule has 0 spiro atoms. The molecule has 0 atom stereocenters. The number of aryl methyl sites for hydroxylation is 1. The molecule has 0 fully saturated rings. The van der Waals surface area contributed by atoms with Gasteiger partial charge in [0.1, 0.15) is 22.9 Å². The summed E-state index contributed by atoms with van der Waals surface area (Å²) in [6, 6.07) is 6.19. The number of nitrogens with one attached hydrogen (secondary N) is 2. The first-order valence-corrected chi connectivity index (χ1v) is 10.7. The van der Waals surface area contributed by atoms with Gasteiger partial charge in [-0.1, -0.05) is 6.92 Å². The van der Waals surface area contributed by atoms with E-state index in [4.69, 9.17) is 10.8 Å². The van der Waals surface area contributed by atoms with Crippen molar-refractivity contribution >= 4 is 22.5 Å². The minimum Gasteiger partial charge on any atom is -0.292 e. The van der Waals surface area contributed by atoms with E-state index in [1.54, 1.807) is 6.92 Å². The number of hydrogen-bond acceptors (Lipinski definition) is 5. The zero-order valence-electron chi connectivity index (χ0n) is 19.4. The van der Waals surface area contributed by atoms with Gasteiger partial charge in [0.2, 0.25) is 0 Å². The Labute approximate surface area is 201 Å². The van der Waals surface area contributed by atoms with Gasteiger partial charge in [-0.05, 0) is 42.8 Å². The molecule has 36 heavy (non-hydrogen) atoms. The fraction of sp³-hybridized carbons (Fsp3) is 0.208. The van der Waals surface area contributed by atoms with Gasteiger partial charge in [0, 0.05) is 31.6 Å². The molecule has 186 valence electrons. The highest BCUT2D eigenvalue weighted by atomic mass is 19.3. The third kappa shape index (κ3) is 4.08. The molecule has 2 N–H and O–H groups in total. The maximum Gasteiger partial charge on any atom is 0.334 e.